The van der Waals surface area contributed by atoms with Crippen LogP contribution in [-0.2, 0) is 6.54 Å². The minimum Gasteiger partial charge on any atom is -0.493 e. The Hall–Kier alpha value is -3.78. The number of benzene rings is 2. The number of nitrogens with two attached hydrogens (primary N) is 1. The van der Waals surface area contributed by atoms with Gasteiger partial charge in [-0.05, 0) is 50.7 Å². The van der Waals surface area contributed by atoms with E-state index in [2.05, 4.69) is 53.3 Å². The van der Waals surface area contributed by atoms with Gasteiger partial charge in [0.15, 0.2) is 11.5 Å². The highest BCUT2D eigenvalue weighted by Crippen LogP contribution is 2.39. The van der Waals surface area contributed by atoms with E-state index in [9.17, 15) is 0 Å². The van der Waals surface area contributed by atoms with E-state index in [0.717, 1.165) is 58.9 Å². The molecular formula is C28H35N5O3. The summed E-state index contributed by atoms with van der Waals surface area (Å²) < 4.78 is 19.6. The molecule has 0 spiro atoms. The summed E-state index contributed by atoms with van der Waals surface area (Å²) in [7, 11) is 3.27. The average molecular weight is 490 g/mol. The quantitative estimate of drug-likeness (QED) is 0.296. The largest absolute Gasteiger partial charge is 0.493 e. The average Bonchev–Trinajstić information content (AvgIpc) is 3.29. The molecule has 36 heavy (non-hydrogen) atoms. The standard InChI is InChI=1S/C28H35N5O3/c1-7-32(8-2)15-20-13-24(34-5)25(35-6)14-23(20)36-21-11-9-19(10-12-21)22-16-33(18(3)4)28-26(22)27(29)30-17-31-28/h9-14,16-18H,7-8,15H2,1-6H3,(H2,29,30,31). The Labute approximate surface area is 212 Å². The molecule has 0 aliphatic rings. The predicted octanol–water partition coefficient (Wildman–Crippen LogP) is 5.91. The second kappa shape index (κ2) is 10.9. The van der Waals surface area contributed by atoms with Crippen LogP contribution in [0.2, 0.25) is 0 Å². The molecule has 4 rings (SSSR count). The first kappa shape index (κ1) is 25.3. The smallest absolute Gasteiger partial charge is 0.164 e. The molecule has 0 radical (unpaired) electrons. The van der Waals surface area contributed by atoms with Crippen LogP contribution < -0.4 is 19.9 Å². The fourth-order valence-electron chi connectivity index (χ4n) is 4.36. The number of nitrogen functional groups attached to an aromatic ring is 1. The number of ether oxygens (including phenoxy) is 3. The van der Waals surface area contributed by atoms with E-state index in [4.69, 9.17) is 19.9 Å². The molecule has 2 heterocycles. The van der Waals surface area contributed by atoms with Crippen LogP contribution in [0.15, 0.2) is 48.9 Å². The summed E-state index contributed by atoms with van der Waals surface area (Å²) in [5.41, 5.74) is 10.1. The monoisotopic (exact) mass is 489 g/mol. The molecule has 0 atom stereocenters. The Morgan fingerprint density at radius 1 is 0.944 bits per heavy atom. The minimum atomic E-state index is 0.243. The molecule has 2 aromatic heterocycles. The van der Waals surface area contributed by atoms with E-state index in [0.29, 0.717) is 17.3 Å². The van der Waals surface area contributed by atoms with Crippen molar-refractivity contribution in [2.24, 2.45) is 0 Å². The van der Waals surface area contributed by atoms with Crippen molar-refractivity contribution in [3.8, 4) is 34.1 Å². The van der Waals surface area contributed by atoms with Crippen LogP contribution in [0.4, 0.5) is 5.82 Å². The molecule has 0 fully saturated rings. The fraction of sp³-hybridized carbons (Fsp3) is 0.357. The van der Waals surface area contributed by atoms with Gasteiger partial charge in [-0.3, -0.25) is 4.90 Å². The second-order valence-electron chi connectivity index (χ2n) is 8.90. The molecule has 0 aliphatic carbocycles. The Balaban J connectivity index is 1.69. The molecule has 0 amide bonds. The van der Waals surface area contributed by atoms with Crippen LogP contribution in [0.3, 0.4) is 0 Å². The predicted molar refractivity (Wildman–Crippen MR) is 144 cm³/mol. The lowest BCUT2D eigenvalue weighted by Gasteiger charge is -2.21. The summed E-state index contributed by atoms with van der Waals surface area (Å²) in [5.74, 6) is 3.25. The van der Waals surface area contributed by atoms with Crippen molar-refractivity contribution in [2.75, 3.05) is 33.0 Å². The Morgan fingerprint density at radius 2 is 1.61 bits per heavy atom. The van der Waals surface area contributed by atoms with Gasteiger partial charge in [0.2, 0.25) is 0 Å². The number of methoxy groups -OCH3 is 2. The summed E-state index contributed by atoms with van der Waals surface area (Å²) in [6.07, 6.45) is 3.60. The van der Waals surface area contributed by atoms with Crippen molar-refractivity contribution in [1.29, 1.82) is 0 Å². The van der Waals surface area contributed by atoms with E-state index in [-0.39, 0.29) is 6.04 Å². The van der Waals surface area contributed by atoms with Gasteiger partial charge in [-0.15, -0.1) is 0 Å². The molecule has 0 saturated carbocycles. The van der Waals surface area contributed by atoms with Crippen molar-refractivity contribution < 1.29 is 14.2 Å². The number of fused-ring (bicyclic) bond motifs is 1. The number of rotatable bonds is 10. The summed E-state index contributed by atoms with van der Waals surface area (Å²) >= 11 is 0. The first-order valence-electron chi connectivity index (χ1n) is 12.3. The van der Waals surface area contributed by atoms with Crippen LogP contribution >= 0.6 is 0 Å². The third-order valence-electron chi connectivity index (χ3n) is 6.44. The number of nitrogens with zero attached hydrogens (tertiary/aromatic N) is 4. The molecule has 2 N–H and O–H groups in total. The third-order valence-corrected chi connectivity index (χ3v) is 6.44. The number of aromatic nitrogens is 3. The van der Waals surface area contributed by atoms with Gasteiger partial charge in [-0.25, -0.2) is 9.97 Å². The Bertz CT molecular complexity index is 1330. The van der Waals surface area contributed by atoms with Gasteiger partial charge >= 0.3 is 0 Å². The lowest BCUT2D eigenvalue weighted by Crippen LogP contribution is -2.22. The molecule has 0 saturated heterocycles. The summed E-state index contributed by atoms with van der Waals surface area (Å²) in [6, 6.07) is 12.1. The van der Waals surface area contributed by atoms with Crippen LogP contribution in [0.5, 0.6) is 23.0 Å². The summed E-state index contributed by atoms with van der Waals surface area (Å²) in [5, 5.41) is 0.862. The Morgan fingerprint density at radius 3 is 2.22 bits per heavy atom. The second-order valence-corrected chi connectivity index (χ2v) is 8.90. The number of hydrogen-bond donors (Lipinski definition) is 1. The molecule has 0 unspecified atom stereocenters. The lowest BCUT2D eigenvalue weighted by atomic mass is 10.1. The summed E-state index contributed by atoms with van der Waals surface area (Å²) in [4.78, 5) is 11.0. The molecule has 0 bridgehead atoms. The third kappa shape index (κ3) is 4.95. The maximum absolute atomic E-state index is 6.37. The zero-order chi connectivity index (χ0) is 25.8. The molecule has 8 heteroatoms. The van der Waals surface area contributed by atoms with E-state index in [1.54, 1.807) is 14.2 Å². The number of anilines is 1. The SMILES string of the molecule is CCN(CC)Cc1cc(OC)c(OC)cc1Oc1ccc(-c2cn(C(C)C)c3ncnc(N)c23)cc1. The molecular weight excluding hydrogens is 454 g/mol. The van der Waals surface area contributed by atoms with Crippen LogP contribution in [0.1, 0.15) is 39.3 Å². The summed E-state index contributed by atoms with van der Waals surface area (Å²) in [6.45, 7) is 11.2. The van der Waals surface area contributed by atoms with E-state index in [1.807, 2.05) is 36.4 Å². The van der Waals surface area contributed by atoms with Crippen LogP contribution in [0, 0.1) is 0 Å². The van der Waals surface area contributed by atoms with Crippen molar-refractivity contribution in [3.63, 3.8) is 0 Å². The van der Waals surface area contributed by atoms with E-state index in [1.165, 1.54) is 6.33 Å². The lowest BCUT2D eigenvalue weighted by molar-refractivity contribution is 0.289. The normalized spacial score (nSPS) is 11.4. The fourth-order valence-corrected chi connectivity index (χ4v) is 4.36. The molecule has 4 aromatic rings. The molecule has 2 aromatic carbocycles. The van der Waals surface area contributed by atoms with E-state index >= 15 is 0 Å². The van der Waals surface area contributed by atoms with Crippen molar-refractivity contribution in [3.05, 3.63) is 54.5 Å². The highest BCUT2D eigenvalue weighted by molar-refractivity contribution is 6.00. The van der Waals surface area contributed by atoms with Gasteiger partial charge in [0.1, 0.15) is 29.3 Å². The van der Waals surface area contributed by atoms with Gasteiger partial charge < -0.3 is 24.5 Å². The van der Waals surface area contributed by atoms with Crippen LogP contribution in [-0.4, -0.2) is 46.7 Å². The Kier molecular flexibility index (Phi) is 7.64. The van der Waals surface area contributed by atoms with Crippen molar-refractivity contribution >= 4 is 16.9 Å². The zero-order valence-electron chi connectivity index (χ0n) is 21.9. The van der Waals surface area contributed by atoms with Crippen molar-refractivity contribution in [1.82, 2.24) is 19.4 Å². The number of hydrogen-bond acceptors (Lipinski definition) is 7. The van der Waals surface area contributed by atoms with Crippen molar-refractivity contribution in [2.45, 2.75) is 40.3 Å². The highest BCUT2D eigenvalue weighted by atomic mass is 16.5. The molecule has 190 valence electrons. The van der Waals surface area contributed by atoms with Gasteiger partial charge in [0.25, 0.3) is 0 Å². The van der Waals surface area contributed by atoms with Gasteiger partial charge in [-0.1, -0.05) is 26.0 Å². The van der Waals surface area contributed by atoms with Gasteiger partial charge in [0, 0.05) is 36.0 Å². The zero-order valence-corrected chi connectivity index (χ0v) is 21.9. The van der Waals surface area contributed by atoms with Crippen LogP contribution in [0.25, 0.3) is 22.2 Å². The van der Waals surface area contributed by atoms with E-state index < -0.39 is 0 Å². The van der Waals surface area contributed by atoms with Gasteiger partial charge in [0.05, 0.1) is 19.6 Å². The minimum absolute atomic E-state index is 0.243. The molecule has 8 nitrogen and oxygen atoms in total. The topological polar surface area (TPSA) is 87.7 Å². The first-order chi connectivity index (χ1) is 17.4. The van der Waals surface area contributed by atoms with Gasteiger partial charge in [-0.2, -0.15) is 0 Å². The maximum atomic E-state index is 6.37. The highest BCUT2D eigenvalue weighted by Gasteiger charge is 2.18. The maximum Gasteiger partial charge on any atom is 0.164 e. The molecule has 0 aliphatic heterocycles. The first-order valence-corrected chi connectivity index (χ1v) is 12.3.